The summed E-state index contributed by atoms with van der Waals surface area (Å²) < 4.78 is 12.2. The van der Waals surface area contributed by atoms with E-state index in [1.165, 1.54) is 16.2 Å². The molecule has 3 aliphatic rings. The molecule has 156 valence electrons. The van der Waals surface area contributed by atoms with Gasteiger partial charge in [0.05, 0.1) is 17.6 Å². The molecule has 10 heteroatoms. The van der Waals surface area contributed by atoms with Crippen LogP contribution in [0.15, 0.2) is 52.5 Å². The predicted molar refractivity (Wildman–Crippen MR) is 114 cm³/mol. The predicted octanol–water partition coefficient (Wildman–Crippen LogP) is 4.08. The topological polar surface area (TPSA) is 105 Å². The van der Waals surface area contributed by atoms with E-state index >= 15 is 0 Å². The van der Waals surface area contributed by atoms with Crippen molar-refractivity contribution in [3.8, 4) is 22.2 Å². The largest absolute Gasteiger partial charge is 0.465 e. The number of aromatic nitrogens is 3. The van der Waals surface area contributed by atoms with E-state index in [0.717, 1.165) is 17.0 Å². The van der Waals surface area contributed by atoms with Gasteiger partial charge in [0.15, 0.2) is 16.8 Å². The first kappa shape index (κ1) is 18.1. The van der Waals surface area contributed by atoms with E-state index in [-0.39, 0.29) is 12.1 Å². The lowest BCUT2D eigenvalue weighted by Crippen LogP contribution is -2.70. The van der Waals surface area contributed by atoms with Crippen molar-refractivity contribution in [1.29, 1.82) is 0 Å². The zero-order valence-electron chi connectivity index (χ0n) is 16.2. The molecule has 3 saturated heterocycles. The summed E-state index contributed by atoms with van der Waals surface area (Å²) in [5.74, 6) is 1.00. The number of hydrogen-bond acceptors (Lipinski definition) is 8. The molecule has 0 saturated carbocycles. The van der Waals surface area contributed by atoms with E-state index in [9.17, 15) is 9.90 Å². The van der Waals surface area contributed by atoms with Gasteiger partial charge in [-0.05, 0) is 24.6 Å². The second-order valence-corrected chi connectivity index (χ2v) is 8.43. The number of rotatable bonds is 4. The van der Waals surface area contributed by atoms with Gasteiger partial charge in [-0.15, -0.1) is 11.3 Å². The highest BCUT2D eigenvalue weighted by atomic mass is 32.1. The molecule has 0 aliphatic carbocycles. The average Bonchev–Trinajstić information content (AvgIpc) is 3.45. The van der Waals surface area contributed by atoms with Crippen LogP contribution in [0, 0.1) is 0 Å². The number of piperidine rings is 1. The normalized spacial score (nSPS) is 20.0. The van der Waals surface area contributed by atoms with Crippen molar-refractivity contribution in [2.24, 2.45) is 0 Å². The molecular formula is C21H17N5O4S. The lowest BCUT2D eigenvalue weighted by atomic mass is 9.88. The first-order chi connectivity index (χ1) is 15.2. The molecule has 9 nitrogen and oxygen atoms in total. The maximum absolute atomic E-state index is 11.4. The van der Waals surface area contributed by atoms with Crippen LogP contribution in [-0.4, -0.2) is 56.2 Å². The Morgan fingerprint density at radius 3 is 2.74 bits per heavy atom. The first-order valence-corrected chi connectivity index (χ1v) is 10.7. The number of anilines is 1. The van der Waals surface area contributed by atoms with Gasteiger partial charge in [-0.25, -0.2) is 14.8 Å². The second-order valence-electron chi connectivity index (χ2n) is 7.53. The number of nitrogens with zero attached hydrogens (tertiary/aromatic N) is 5. The van der Waals surface area contributed by atoms with Crippen LogP contribution in [0.2, 0.25) is 0 Å². The summed E-state index contributed by atoms with van der Waals surface area (Å²) in [5, 5.41) is 12.1. The zero-order chi connectivity index (χ0) is 20.9. The van der Waals surface area contributed by atoms with Crippen LogP contribution in [0.5, 0.6) is 11.6 Å². The summed E-state index contributed by atoms with van der Waals surface area (Å²) in [6.45, 7) is 1.11. The monoisotopic (exact) mass is 435 g/mol. The number of pyridine rings is 1. The fraction of sp³-hybridized carbons (Fsp3) is 0.238. The Morgan fingerprint density at radius 1 is 1.16 bits per heavy atom. The Hall–Kier alpha value is -3.66. The lowest BCUT2D eigenvalue weighted by Gasteiger charge is -2.54. The number of benzene rings is 1. The molecule has 3 fully saturated rings. The number of fused-ring (bicyclic) bond motifs is 3. The summed E-state index contributed by atoms with van der Waals surface area (Å²) in [6, 6.07) is 9.61. The molecule has 1 amide bonds. The summed E-state index contributed by atoms with van der Waals surface area (Å²) >= 11 is 1.52. The third-order valence-corrected chi connectivity index (χ3v) is 6.50. The quantitative estimate of drug-likeness (QED) is 0.511. The Balaban J connectivity index is 1.40. The molecular weight excluding hydrogens is 418 g/mol. The molecule has 1 aromatic carbocycles. The lowest BCUT2D eigenvalue weighted by molar-refractivity contribution is 0.0101. The van der Waals surface area contributed by atoms with Gasteiger partial charge in [0.1, 0.15) is 5.01 Å². The minimum Gasteiger partial charge on any atom is -0.465 e. The fourth-order valence-corrected chi connectivity index (χ4v) is 4.97. The number of ether oxygens (including phenoxy) is 1. The van der Waals surface area contributed by atoms with E-state index in [1.807, 2.05) is 34.5 Å². The van der Waals surface area contributed by atoms with Crippen molar-refractivity contribution in [2.75, 3.05) is 18.0 Å². The molecule has 3 aromatic heterocycles. The number of amides is 1. The minimum absolute atomic E-state index is 0.0334. The van der Waals surface area contributed by atoms with Crippen LogP contribution < -0.4 is 9.64 Å². The fourth-order valence-electron chi connectivity index (χ4n) is 4.31. The van der Waals surface area contributed by atoms with Crippen molar-refractivity contribution in [3.05, 3.63) is 48.1 Å². The molecule has 0 radical (unpaired) electrons. The molecule has 6 heterocycles. The molecule has 2 unspecified atom stereocenters. The van der Waals surface area contributed by atoms with Gasteiger partial charge in [0, 0.05) is 36.9 Å². The molecule has 2 atom stereocenters. The van der Waals surface area contributed by atoms with Gasteiger partial charge in [0.2, 0.25) is 5.88 Å². The van der Waals surface area contributed by atoms with Crippen molar-refractivity contribution in [3.63, 3.8) is 0 Å². The van der Waals surface area contributed by atoms with Gasteiger partial charge in [-0.1, -0.05) is 6.07 Å². The van der Waals surface area contributed by atoms with Gasteiger partial charge < -0.3 is 19.2 Å². The number of oxazole rings is 1. The zero-order valence-corrected chi connectivity index (χ0v) is 17.0. The number of piperazine rings is 1. The molecule has 1 N–H and O–H groups in total. The van der Waals surface area contributed by atoms with Crippen LogP contribution in [0.1, 0.15) is 6.42 Å². The Morgan fingerprint density at radius 2 is 2.03 bits per heavy atom. The van der Waals surface area contributed by atoms with E-state index < -0.39 is 6.09 Å². The van der Waals surface area contributed by atoms with Crippen molar-refractivity contribution < 1.29 is 19.1 Å². The summed E-state index contributed by atoms with van der Waals surface area (Å²) in [5.41, 5.74) is 2.02. The highest BCUT2D eigenvalue weighted by molar-refractivity contribution is 7.13. The molecule has 2 bridgehead atoms. The van der Waals surface area contributed by atoms with Gasteiger partial charge in [-0.3, -0.25) is 4.90 Å². The molecule has 7 rings (SSSR count). The van der Waals surface area contributed by atoms with E-state index in [1.54, 1.807) is 18.5 Å². The standard InChI is InChI=1S/C21H17N5O4S/c27-21(28)26-12-9-13(26)11-25(10-12)20-24-17-15(29-16-3-1-2-6-22-16)5-4-14(18(17)30-20)19-23-7-8-31-19/h1-8,12-13H,9-11H2,(H,27,28). The minimum atomic E-state index is -0.865. The number of hydrogen-bond donors (Lipinski definition) is 1. The van der Waals surface area contributed by atoms with Crippen molar-refractivity contribution >= 4 is 34.5 Å². The Bertz CT molecular complexity index is 1250. The van der Waals surface area contributed by atoms with Gasteiger partial charge >= 0.3 is 6.09 Å². The van der Waals surface area contributed by atoms with E-state index in [4.69, 9.17) is 14.1 Å². The SMILES string of the molecule is O=C(O)N1C2CC1CN(c1nc3c(Oc4ccccn4)ccc(-c4nccs4)c3o1)C2. The van der Waals surface area contributed by atoms with E-state index in [2.05, 4.69) is 9.97 Å². The highest BCUT2D eigenvalue weighted by Crippen LogP contribution is 2.41. The Kier molecular flexibility index (Phi) is 4.06. The highest BCUT2D eigenvalue weighted by Gasteiger charge is 2.48. The van der Waals surface area contributed by atoms with Crippen molar-refractivity contribution in [2.45, 2.75) is 18.5 Å². The van der Waals surface area contributed by atoms with Gasteiger partial charge in [-0.2, -0.15) is 4.98 Å². The van der Waals surface area contributed by atoms with Crippen molar-refractivity contribution in [1.82, 2.24) is 19.9 Å². The van der Waals surface area contributed by atoms with Crippen LogP contribution in [-0.2, 0) is 0 Å². The summed E-state index contributed by atoms with van der Waals surface area (Å²) in [4.78, 5) is 28.3. The average molecular weight is 435 g/mol. The summed E-state index contributed by atoms with van der Waals surface area (Å²) in [6.07, 6.45) is 3.43. The number of carboxylic acid groups (broad SMARTS) is 1. The molecule has 3 aliphatic heterocycles. The maximum Gasteiger partial charge on any atom is 0.407 e. The summed E-state index contributed by atoms with van der Waals surface area (Å²) in [7, 11) is 0. The number of carbonyl (C=O) groups is 1. The number of thiazole rings is 1. The maximum atomic E-state index is 11.4. The van der Waals surface area contributed by atoms with Crippen LogP contribution in [0.4, 0.5) is 10.8 Å². The third-order valence-electron chi connectivity index (χ3n) is 5.69. The van der Waals surface area contributed by atoms with Gasteiger partial charge in [0.25, 0.3) is 6.01 Å². The third kappa shape index (κ3) is 2.98. The van der Waals surface area contributed by atoms with Crippen LogP contribution in [0.3, 0.4) is 0 Å². The molecule has 0 spiro atoms. The van der Waals surface area contributed by atoms with Crippen LogP contribution >= 0.6 is 11.3 Å². The Labute approximate surface area is 180 Å². The van der Waals surface area contributed by atoms with Crippen LogP contribution in [0.25, 0.3) is 21.7 Å². The first-order valence-electron chi connectivity index (χ1n) is 9.86. The smallest absolute Gasteiger partial charge is 0.407 e. The molecule has 4 aromatic rings. The molecule has 31 heavy (non-hydrogen) atoms. The second kappa shape index (κ2) is 6.95. The van der Waals surface area contributed by atoms with E-state index in [0.29, 0.717) is 41.8 Å².